The number of nitrogens with one attached hydrogen (secondary N) is 2. The molecule has 3 aromatic rings. The molecular formula is C17H13N4O+. The molecule has 22 heavy (non-hydrogen) atoms. The summed E-state index contributed by atoms with van der Waals surface area (Å²) in [6.07, 6.45) is -0.270. The summed E-state index contributed by atoms with van der Waals surface area (Å²) < 4.78 is 1.87. The number of hydrogen-bond acceptors (Lipinski definition) is 3. The molecular weight excluding hydrogens is 276 g/mol. The highest BCUT2D eigenvalue weighted by Gasteiger charge is 2.44. The summed E-state index contributed by atoms with van der Waals surface area (Å²) in [5.74, 6) is -0.00745. The number of nitrogens with zero attached hydrogens (tertiary/aromatic N) is 2. The van der Waals surface area contributed by atoms with Crippen LogP contribution >= 0.6 is 0 Å². The van der Waals surface area contributed by atoms with Crippen molar-refractivity contribution in [2.75, 3.05) is 15.6 Å². The number of aromatic nitrogens is 1. The van der Waals surface area contributed by atoms with E-state index < -0.39 is 0 Å². The van der Waals surface area contributed by atoms with Gasteiger partial charge in [-0.1, -0.05) is 28.9 Å². The van der Waals surface area contributed by atoms with Crippen molar-refractivity contribution < 1.29 is 9.47 Å². The zero-order valence-electron chi connectivity index (χ0n) is 11.7. The molecule has 106 valence electrons. The Labute approximate surface area is 126 Å². The monoisotopic (exact) mass is 289 g/mol. The summed E-state index contributed by atoms with van der Waals surface area (Å²) in [7, 11) is 0. The van der Waals surface area contributed by atoms with Crippen LogP contribution in [0.5, 0.6) is 0 Å². The Hall–Kier alpha value is -3.08. The first-order chi connectivity index (χ1) is 10.8. The van der Waals surface area contributed by atoms with Gasteiger partial charge in [0.2, 0.25) is 11.8 Å². The van der Waals surface area contributed by atoms with Crippen molar-refractivity contribution in [1.82, 2.24) is 0 Å². The fourth-order valence-corrected chi connectivity index (χ4v) is 3.23. The van der Waals surface area contributed by atoms with Crippen LogP contribution in [0.4, 0.5) is 11.4 Å². The number of fused-ring (bicyclic) bond motifs is 6. The average molecular weight is 289 g/mol. The minimum atomic E-state index is -0.270. The lowest BCUT2D eigenvalue weighted by atomic mass is 10.1. The number of rotatable bonds is 0. The van der Waals surface area contributed by atoms with Crippen LogP contribution in [0.15, 0.2) is 60.7 Å². The van der Waals surface area contributed by atoms with Gasteiger partial charge in [0.15, 0.2) is 0 Å². The maximum Gasteiger partial charge on any atom is 0.329 e. The first-order valence-electron chi connectivity index (χ1n) is 7.22. The van der Waals surface area contributed by atoms with Gasteiger partial charge >= 0.3 is 11.6 Å². The highest BCUT2D eigenvalue weighted by molar-refractivity contribution is 6.09. The molecule has 0 saturated heterocycles. The van der Waals surface area contributed by atoms with E-state index in [1.165, 1.54) is 0 Å². The number of pyridine rings is 1. The quantitative estimate of drug-likeness (QED) is 0.623. The molecule has 2 N–H and O–H groups in total. The third-order valence-electron chi connectivity index (χ3n) is 4.24. The zero-order valence-corrected chi connectivity index (χ0v) is 11.7. The molecule has 5 rings (SSSR count). The molecule has 0 bridgehead atoms. The Morgan fingerprint density at radius 3 is 2.73 bits per heavy atom. The van der Waals surface area contributed by atoms with Crippen molar-refractivity contribution >= 4 is 28.2 Å². The normalized spacial score (nSPS) is 18.3. The Morgan fingerprint density at radius 2 is 1.77 bits per heavy atom. The topological polar surface area (TPSA) is 48.2 Å². The van der Waals surface area contributed by atoms with E-state index in [0.29, 0.717) is 5.69 Å². The molecule has 0 aliphatic carbocycles. The van der Waals surface area contributed by atoms with E-state index in [0.717, 1.165) is 22.3 Å². The maximum atomic E-state index is 12.9. The van der Waals surface area contributed by atoms with Crippen LogP contribution in [0.3, 0.4) is 0 Å². The summed E-state index contributed by atoms with van der Waals surface area (Å²) in [6, 6.07) is 19.7. The van der Waals surface area contributed by atoms with Crippen LogP contribution < -0.4 is 20.3 Å². The van der Waals surface area contributed by atoms with Crippen molar-refractivity contribution in [3.8, 4) is 0 Å². The van der Waals surface area contributed by atoms with Crippen LogP contribution in [0, 0.1) is 0 Å². The van der Waals surface area contributed by atoms with Gasteiger partial charge in [0.05, 0.1) is 11.4 Å². The third kappa shape index (κ3) is 1.37. The molecule has 3 heterocycles. The van der Waals surface area contributed by atoms with E-state index in [9.17, 15) is 4.79 Å². The molecule has 1 unspecified atom stereocenters. The number of carbonyl (C=O) groups excluding carboxylic acids is 1. The number of hydrogen-bond donors (Lipinski definition) is 2. The minimum absolute atomic E-state index is 0.00745. The molecule has 5 heteroatoms. The third-order valence-corrected chi connectivity index (χ3v) is 4.24. The largest absolute Gasteiger partial charge is 0.342 e. The van der Waals surface area contributed by atoms with Crippen molar-refractivity contribution in [2.45, 2.75) is 6.29 Å². The predicted molar refractivity (Wildman–Crippen MR) is 84.2 cm³/mol. The lowest BCUT2D eigenvalue weighted by Gasteiger charge is -2.27. The molecule has 2 aliphatic rings. The molecule has 1 aromatic heterocycles. The van der Waals surface area contributed by atoms with Crippen molar-refractivity contribution in [1.29, 1.82) is 0 Å². The maximum absolute atomic E-state index is 12.9. The molecule has 2 aliphatic heterocycles. The average Bonchev–Trinajstić information content (AvgIpc) is 2.93. The van der Waals surface area contributed by atoms with Crippen molar-refractivity contribution in [3.05, 3.63) is 66.4 Å². The summed E-state index contributed by atoms with van der Waals surface area (Å²) in [6.45, 7) is 0. The second-order valence-electron chi connectivity index (χ2n) is 5.48. The van der Waals surface area contributed by atoms with Gasteiger partial charge in [-0.25, -0.2) is 0 Å². The van der Waals surface area contributed by atoms with Crippen LogP contribution in [0.2, 0.25) is 0 Å². The van der Waals surface area contributed by atoms with Gasteiger partial charge < -0.3 is 5.32 Å². The molecule has 2 aromatic carbocycles. The van der Waals surface area contributed by atoms with Gasteiger partial charge in [-0.05, 0) is 24.3 Å². The lowest BCUT2D eigenvalue weighted by molar-refractivity contribution is -0.630. The zero-order chi connectivity index (χ0) is 14.7. The first kappa shape index (κ1) is 11.6. The minimum Gasteiger partial charge on any atom is -0.342 e. The lowest BCUT2D eigenvalue weighted by Crippen LogP contribution is -2.67. The standard InChI is InChI=1S/C17H12N4O/c22-16-15-10-9-11-5-1-3-7-13(11)21(15)19-17-18-12-6-2-4-8-14(12)20(16)17/h1-10,17-18H/p+1. The van der Waals surface area contributed by atoms with Crippen molar-refractivity contribution in [3.63, 3.8) is 0 Å². The Kier molecular flexibility index (Phi) is 2.09. The van der Waals surface area contributed by atoms with Gasteiger partial charge in [-0.2, -0.15) is 0 Å². The fourth-order valence-electron chi connectivity index (χ4n) is 3.23. The number of anilines is 2. The summed E-state index contributed by atoms with van der Waals surface area (Å²) in [5.41, 5.74) is 6.88. The molecule has 0 fully saturated rings. The Bertz CT molecular complexity index is 937. The molecule has 1 atom stereocenters. The van der Waals surface area contributed by atoms with Gasteiger partial charge in [0.25, 0.3) is 0 Å². The van der Waals surface area contributed by atoms with E-state index in [1.807, 2.05) is 65.3 Å². The highest BCUT2D eigenvalue weighted by atomic mass is 16.2. The number of carbonyl (C=O) groups is 1. The van der Waals surface area contributed by atoms with Crippen LogP contribution in [-0.4, -0.2) is 12.2 Å². The summed E-state index contributed by atoms with van der Waals surface area (Å²) in [4.78, 5) is 14.7. The number of para-hydroxylation sites is 3. The van der Waals surface area contributed by atoms with Gasteiger partial charge in [0, 0.05) is 17.5 Å². The van der Waals surface area contributed by atoms with Gasteiger partial charge in [-0.15, -0.1) is 5.43 Å². The van der Waals surface area contributed by atoms with E-state index in [4.69, 9.17) is 0 Å². The second-order valence-corrected chi connectivity index (χ2v) is 5.48. The van der Waals surface area contributed by atoms with Gasteiger partial charge in [0.1, 0.15) is 0 Å². The van der Waals surface area contributed by atoms with Crippen molar-refractivity contribution in [2.24, 2.45) is 0 Å². The first-order valence-corrected chi connectivity index (χ1v) is 7.22. The number of amides is 1. The number of benzene rings is 2. The molecule has 0 radical (unpaired) electrons. The second kappa shape index (κ2) is 3.98. The van der Waals surface area contributed by atoms with Crippen LogP contribution in [0.25, 0.3) is 10.9 Å². The van der Waals surface area contributed by atoms with E-state index in [1.54, 1.807) is 4.90 Å². The molecule has 0 spiro atoms. The fraction of sp³-hybridized carbons (Fsp3) is 0.0588. The van der Waals surface area contributed by atoms with E-state index in [2.05, 4.69) is 10.7 Å². The smallest absolute Gasteiger partial charge is 0.329 e. The SMILES string of the molecule is O=C1c2ccc3ccccc3[n+]2NC2Nc3ccccc3N12. The predicted octanol–water partition coefficient (Wildman–Crippen LogP) is 2.04. The van der Waals surface area contributed by atoms with E-state index in [-0.39, 0.29) is 12.2 Å². The molecule has 0 saturated carbocycles. The summed E-state index contributed by atoms with van der Waals surface area (Å²) in [5, 5.41) is 4.44. The Balaban J connectivity index is 1.73. The summed E-state index contributed by atoms with van der Waals surface area (Å²) >= 11 is 0. The van der Waals surface area contributed by atoms with E-state index >= 15 is 0 Å². The van der Waals surface area contributed by atoms with Gasteiger partial charge in [-0.3, -0.25) is 9.69 Å². The molecule has 5 nitrogen and oxygen atoms in total. The van der Waals surface area contributed by atoms with Crippen LogP contribution in [-0.2, 0) is 0 Å². The highest BCUT2D eigenvalue weighted by Crippen LogP contribution is 2.35. The Morgan fingerprint density at radius 1 is 0.955 bits per heavy atom. The van der Waals surface area contributed by atoms with Crippen LogP contribution in [0.1, 0.15) is 10.5 Å². The molecule has 1 amide bonds.